The number of benzene rings is 10. The fraction of sp³-hybridized carbons (Fsp3) is 0. The number of hydrogen-bond donors (Lipinski definition) is 0. The molecule has 0 unspecified atom stereocenters. The minimum absolute atomic E-state index is 0.879. The van der Waals surface area contributed by atoms with E-state index in [0.717, 1.165) is 33.4 Å². The van der Waals surface area contributed by atoms with E-state index in [1.54, 1.807) is 0 Å². The Bertz CT molecular complexity index is 3200. The third-order valence-corrected chi connectivity index (χ3v) is 11.2. The maximum Gasteiger partial charge on any atom is 0.136 e. The Morgan fingerprint density at radius 1 is 0.255 bits per heavy atom. The van der Waals surface area contributed by atoms with Crippen LogP contribution in [0, 0.1) is 0 Å². The van der Waals surface area contributed by atoms with Gasteiger partial charge in [0.25, 0.3) is 0 Å². The van der Waals surface area contributed by atoms with Crippen molar-refractivity contribution in [1.29, 1.82) is 0 Å². The molecule has 0 aliphatic heterocycles. The lowest BCUT2D eigenvalue weighted by atomic mass is 9.85. The standard InChI is InChI=1S/C54H34O/c1-2-15-35(16-3-1)36-18-12-20-39(31-36)53-45-25-8-10-27-47(45)54(48-28-11-9-26-46(48)53)40-21-13-19-37(32-40)42-29-14-30-51-50(42)34-52(55-51)49-33-38-17-4-5-22-41(38)43-23-6-7-24-44(43)49/h1-34H. The van der Waals surface area contributed by atoms with Gasteiger partial charge in [0.15, 0.2) is 0 Å². The van der Waals surface area contributed by atoms with Crippen molar-refractivity contribution in [3.8, 4) is 55.8 Å². The van der Waals surface area contributed by atoms with Gasteiger partial charge in [0.1, 0.15) is 11.3 Å². The lowest BCUT2D eigenvalue weighted by Crippen LogP contribution is -1.91. The molecule has 1 heteroatoms. The summed E-state index contributed by atoms with van der Waals surface area (Å²) in [5, 5.41) is 11.0. The fourth-order valence-electron chi connectivity index (χ4n) is 8.78. The van der Waals surface area contributed by atoms with E-state index in [9.17, 15) is 0 Å². The smallest absolute Gasteiger partial charge is 0.136 e. The van der Waals surface area contributed by atoms with Crippen LogP contribution in [0.4, 0.5) is 0 Å². The normalized spacial score (nSPS) is 11.6. The summed E-state index contributed by atoms with van der Waals surface area (Å²) in [5.41, 5.74) is 11.7. The molecule has 0 atom stereocenters. The van der Waals surface area contributed by atoms with E-state index in [-0.39, 0.29) is 0 Å². The molecule has 0 amide bonds. The van der Waals surface area contributed by atoms with E-state index < -0.39 is 0 Å². The molecule has 1 heterocycles. The Kier molecular flexibility index (Phi) is 7.25. The van der Waals surface area contributed by atoms with Gasteiger partial charge in [0.05, 0.1) is 0 Å². The molecule has 0 aliphatic carbocycles. The van der Waals surface area contributed by atoms with Gasteiger partial charge in [-0.3, -0.25) is 0 Å². The minimum Gasteiger partial charge on any atom is -0.456 e. The molecule has 0 spiro atoms. The molecule has 0 saturated heterocycles. The first-order valence-corrected chi connectivity index (χ1v) is 18.9. The zero-order valence-corrected chi connectivity index (χ0v) is 30.0. The van der Waals surface area contributed by atoms with Crippen LogP contribution in [0.25, 0.3) is 110 Å². The summed E-state index contributed by atoms with van der Waals surface area (Å²) in [7, 11) is 0. The van der Waals surface area contributed by atoms with Crippen LogP contribution in [0.2, 0.25) is 0 Å². The maximum absolute atomic E-state index is 6.70. The molecule has 0 saturated carbocycles. The molecule has 11 aromatic rings. The van der Waals surface area contributed by atoms with Gasteiger partial charge in [-0.15, -0.1) is 0 Å². The molecule has 0 radical (unpaired) electrons. The van der Waals surface area contributed by atoms with Crippen LogP contribution in [0.5, 0.6) is 0 Å². The highest BCUT2D eigenvalue weighted by molar-refractivity contribution is 6.22. The van der Waals surface area contributed by atoms with E-state index in [1.165, 1.54) is 76.5 Å². The number of furan rings is 1. The topological polar surface area (TPSA) is 13.1 Å². The highest BCUT2D eigenvalue weighted by Gasteiger charge is 2.19. The summed E-state index contributed by atoms with van der Waals surface area (Å²) in [6.07, 6.45) is 0. The average molecular weight is 699 g/mol. The Labute approximate surface area is 319 Å². The lowest BCUT2D eigenvalue weighted by Gasteiger charge is -2.18. The zero-order valence-electron chi connectivity index (χ0n) is 30.0. The molecule has 1 aromatic heterocycles. The Hall–Kier alpha value is -7.22. The third-order valence-electron chi connectivity index (χ3n) is 11.2. The maximum atomic E-state index is 6.70. The largest absolute Gasteiger partial charge is 0.456 e. The predicted octanol–water partition coefficient (Wildman–Crippen LogP) is 15.4. The summed E-state index contributed by atoms with van der Waals surface area (Å²) >= 11 is 0. The van der Waals surface area contributed by atoms with Crippen molar-refractivity contribution in [2.75, 3.05) is 0 Å². The van der Waals surface area contributed by atoms with Crippen LogP contribution in [0.1, 0.15) is 0 Å². The number of fused-ring (bicyclic) bond motifs is 6. The second-order valence-electron chi connectivity index (χ2n) is 14.4. The van der Waals surface area contributed by atoms with E-state index in [0.29, 0.717) is 0 Å². The van der Waals surface area contributed by atoms with E-state index >= 15 is 0 Å². The first-order valence-electron chi connectivity index (χ1n) is 18.9. The average Bonchev–Trinajstić information content (AvgIpc) is 3.70. The van der Waals surface area contributed by atoms with Gasteiger partial charge in [-0.25, -0.2) is 0 Å². The molecule has 0 bridgehead atoms. The van der Waals surface area contributed by atoms with Gasteiger partial charge in [-0.1, -0.05) is 176 Å². The quantitative estimate of drug-likeness (QED) is 0.129. The lowest BCUT2D eigenvalue weighted by molar-refractivity contribution is 0.632. The molecule has 1 nitrogen and oxygen atoms in total. The molecule has 0 N–H and O–H groups in total. The summed E-state index contributed by atoms with van der Waals surface area (Å²) in [6.45, 7) is 0. The monoisotopic (exact) mass is 698 g/mol. The van der Waals surface area contributed by atoms with E-state index in [2.05, 4.69) is 206 Å². The van der Waals surface area contributed by atoms with Crippen molar-refractivity contribution in [2.24, 2.45) is 0 Å². The highest BCUT2D eigenvalue weighted by atomic mass is 16.3. The molecule has 10 aromatic carbocycles. The van der Waals surface area contributed by atoms with Gasteiger partial charge in [-0.05, 0) is 118 Å². The highest BCUT2D eigenvalue weighted by Crippen LogP contribution is 2.46. The summed E-state index contributed by atoms with van der Waals surface area (Å²) in [4.78, 5) is 0. The number of hydrogen-bond acceptors (Lipinski definition) is 1. The van der Waals surface area contributed by atoms with Gasteiger partial charge in [-0.2, -0.15) is 0 Å². The van der Waals surface area contributed by atoms with E-state index in [4.69, 9.17) is 4.42 Å². The first-order chi connectivity index (χ1) is 27.3. The van der Waals surface area contributed by atoms with Crippen LogP contribution in [0.3, 0.4) is 0 Å². The van der Waals surface area contributed by atoms with Crippen molar-refractivity contribution >= 4 is 54.1 Å². The molecule has 0 fully saturated rings. The van der Waals surface area contributed by atoms with Gasteiger partial charge >= 0.3 is 0 Å². The Morgan fingerprint density at radius 3 is 1.42 bits per heavy atom. The molecule has 55 heavy (non-hydrogen) atoms. The molecule has 0 aliphatic rings. The van der Waals surface area contributed by atoms with Gasteiger partial charge in [0.2, 0.25) is 0 Å². The van der Waals surface area contributed by atoms with Crippen molar-refractivity contribution in [1.82, 2.24) is 0 Å². The van der Waals surface area contributed by atoms with Crippen LogP contribution < -0.4 is 0 Å². The van der Waals surface area contributed by atoms with Gasteiger partial charge < -0.3 is 4.42 Å². The molecular formula is C54H34O. The van der Waals surface area contributed by atoms with Crippen LogP contribution >= 0.6 is 0 Å². The third kappa shape index (κ3) is 5.16. The molecule has 256 valence electrons. The van der Waals surface area contributed by atoms with Crippen LogP contribution in [-0.4, -0.2) is 0 Å². The van der Waals surface area contributed by atoms with Crippen molar-refractivity contribution < 1.29 is 4.42 Å². The second-order valence-corrected chi connectivity index (χ2v) is 14.4. The van der Waals surface area contributed by atoms with Crippen LogP contribution in [0.15, 0.2) is 211 Å². The molecule has 11 rings (SSSR count). The molecular weight excluding hydrogens is 665 g/mol. The van der Waals surface area contributed by atoms with Crippen molar-refractivity contribution in [3.05, 3.63) is 206 Å². The first kappa shape index (κ1) is 31.3. The summed E-state index contributed by atoms with van der Waals surface area (Å²) in [6, 6.07) is 74.6. The van der Waals surface area contributed by atoms with Crippen molar-refractivity contribution in [2.45, 2.75) is 0 Å². The SMILES string of the molecule is c1ccc(-c2cccc(-c3c4ccccc4c(-c4cccc(-c5cccc6oc(-c7cc8ccccc8c8ccccc78)cc56)c4)c4ccccc34)c2)cc1. The van der Waals surface area contributed by atoms with Crippen LogP contribution in [-0.2, 0) is 0 Å². The zero-order chi connectivity index (χ0) is 36.3. The van der Waals surface area contributed by atoms with Gasteiger partial charge in [0, 0.05) is 10.9 Å². The Morgan fingerprint density at radius 2 is 0.745 bits per heavy atom. The minimum atomic E-state index is 0.879. The Balaban J connectivity index is 1.08. The summed E-state index contributed by atoms with van der Waals surface area (Å²) < 4.78 is 6.70. The van der Waals surface area contributed by atoms with Crippen molar-refractivity contribution in [3.63, 3.8) is 0 Å². The van der Waals surface area contributed by atoms with E-state index in [1.807, 2.05) is 0 Å². The second kappa shape index (κ2) is 12.7. The fourth-order valence-corrected chi connectivity index (χ4v) is 8.78. The predicted molar refractivity (Wildman–Crippen MR) is 233 cm³/mol. The number of rotatable bonds is 5. The summed E-state index contributed by atoms with van der Waals surface area (Å²) in [5.74, 6) is 0.879.